The number of aliphatic imine (C=N–C) groups is 2. The molecule has 3 aliphatic rings. The molecule has 308 valence electrons. The van der Waals surface area contributed by atoms with E-state index in [1.165, 1.54) is 95.0 Å². The third-order valence-corrected chi connectivity index (χ3v) is 17.4. The highest BCUT2D eigenvalue weighted by Crippen LogP contribution is 2.60. The van der Waals surface area contributed by atoms with Gasteiger partial charge in [0.2, 0.25) is 0 Å². The molecule has 6 heterocycles. The number of allylic oxidation sites excluding steroid dienone is 1. The summed E-state index contributed by atoms with van der Waals surface area (Å²) in [4.78, 5) is 12.0. The van der Waals surface area contributed by atoms with Gasteiger partial charge in [0.05, 0.1) is 39.6 Å². The number of hydrogen-bond donors (Lipinski definition) is 0. The zero-order valence-corrected chi connectivity index (χ0v) is 37.1. The second-order valence-corrected chi connectivity index (χ2v) is 20.4. The van der Waals surface area contributed by atoms with Gasteiger partial charge in [0, 0.05) is 84.2 Å². The Labute approximate surface area is 389 Å². The molecule has 0 radical (unpaired) electrons. The number of aromatic nitrogens is 1. The summed E-state index contributed by atoms with van der Waals surface area (Å²) in [5.74, 6) is 0.573. The minimum atomic E-state index is -0.146. The highest BCUT2D eigenvalue weighted by Gasteiger charge is 2.46. The predicted octanol–water partition coefficient (Wildman–Crippen LogP) is 17.0. The van der Waals surface area contributed by atoms with Crippen molar-refractivity contribution in [3.8, 4) is 5.69 Å². The van der Waals surface area contributed by atoms with Crippen LogP contribution in [0.15, 0.2) is 196 Å². The molecule has 0 spiro atoms. The lowest BCUT2D eigenvalue weighted by Gasteiger charge is -2.35. The average Bonchev–Trinajstić information content (AvgIpc) is 4.08. The van der Waals surface area contributed by atoms with Gasteiger partial charge in [-0.2, -0.15) is 0 Å². The Morgan fingerprint density at radius 1 is 0.463 bits per heavy atom. The molecule has 0 bridgehead atoms. The van der Waals surface area contributed by atoms with Gasteiger partial charge < -0.3 is 8.98 Å². The van der Waals surface area contributed by atoms with Crippen molar-refractivity contribution in [3.05, 3.63) is 210 Å². The van der Waals surface area contributed by atoms with Gasteiger partial charge in [0.1, 0.15) is 11.2 Å². The fourth-order valence-corrected chi connectivity index (χ4v) is 14.5. The van der Waals surface area contributed by atoms with Crippen LogP contribution in [0.5, 0.6) is 0 Å². The maximum Gasteiger partial charge on any atom is 0.161 e. The second-order valence-electron chi connectivity index (χ2n) is 18.3. The third kappa shape index (κ3) is 4.43. The lowest BCUT2D eigenvalue weighted by molar-refractivity contribution is 0.668. The largest absolute Gasteiger partial charge is 0.455 e. The van der Waals surface area contributed by atoms with Crippen LogP contribution in [0.4, 0.5) is 0 Å². The smallest absolute Gasteiger partial charge is 0.161 e. The van der Waals surface area contributed by atoms with Crippen LogP contribution >= 0.6 is 22.7 Å². The number of nitrogens with zero attached hydrogens (tertiary/aromatic N) is 3. The van der Waals surface area contributed by atoms with Crippen LogP contribution in [0.25, 0.3) is 123 Å². The number of amidine groups is 1. The van der Waals surface area contributed by atoms with Crippen LogP contribution in [0.1, 0.15) is 33.7 Å². The molecule has 0 amide bonds. The van der Waals surface area contributed by atoms with E-state index in [0.29, 0.717) is 0 Å². The predicted molar refractivity (Wildman–Crippen MR) is 284 cm³/mol. The molecule has 14 aromatic rings. The first-order valence-corrected chi connectivity index (χ1v) is 24.5. The summed E-state index contributed by atoms with van der Waals surface area (Å²) in [6.07, 6.45) is 0. The summed E-state index contributed by atoms with van der Waals surface area (Å²) < 4.78 is 14.8. The van der Waals surface area contributed by atoms with Crippen LogP contribution in [0, 0.1) is 0 Å². The molecule has 17 rings (SSSR count). The van der Waals surface area contributed by atoms with E-state index in [-0.39, 0.29) is 5.92 Å². The van der Waals surface area contributed by atoms with Crippen molar-refractivity contribution in [2.75, 3.05) is 0 Å². The first-order chi connectivity index (χ1) is 33.2. The van der Waals surface area contributed by atoms with Crippen LogP contribution in [0.2, 0.25) is 0 Å². The SMILES string of the molecule is c1ccc2cc3c(cc2c1)oc1c2c(ccc13)-n1c3cc4ccccc4cc3c3ccc4c(c31)C1=C2N=C(c2cccc3c2sc2ccccc23)N=C(c2cccc3c2sc2ccccc23)C14. The van der Waals surface area contributed by atoms with E-state index in [1.54, 1.807) is 0 Å². The van der Waals surface area contributed by atoms with E-state index in [2.05, 4.69) is 187 Å². The Morgan fingerprint density at radius 2 is 1.07 bits per heavy atom. The summed E-state index contributed by atoms with van der Waals surface area (Å²) in [5.41, 5.74) is 14.1. The highest BCUT2D eigenvalue weighted by molar-refractivity contribution is 7.26. The van der Waals surface area contributed by atoms with Crippen LogP contribution in [-0.2, 0) is 0 Å². The first kappa shape index (κ1) is 35.1. The molecule has 4 aromatic heterocycles. The van der Waals surface area contributed by atoms with E-state index in [4.69, 9.17) is 14.4 Å². The van der Waals surface area contributed by atoms with Gasteiger partial charge in [-0.15, -0.1) is 22.7 Å². The highest BCUT2D eigenvalue weighted by atomic mass is 32.1. The summed E-state index contributed by atoms with van der Waals surface area (Å²) in [6, 6.07) is 66.9. The molecule has 4 nitrogen and oxygen atoms in total. The molecule has 67 heavy (non-hydrogen) atoms. The minimum absolute atomic E-state index is 0.146. The average molecular weight is 886 g/mol. The molecule has 0 fully saturated rings. The molecule has 0 saturated heterocycles. The standard InChI is InChI=1S/C61H31N3OS2/c1-3-13-33-29-47-44(27-31(33)11-1)37-23-24-41-51-54-52(41)57(37)64(47)46-26-25-38-45-28-32-12-2-4-14-34(32)30-48(45)65-58(38)53(46)56(54)63-61(43-20-10-18-40-36-16-6-8-22-50(36)67-60(40)43)62-55(51)42-19-9-17-39-35-15-5-7-21-49(35)66-59(39)42/h1-30,51H. The van der Waals surface area contributed by atoms with Gasteiger partial charge >= 0.3 is 0 Å². The normalized spacial score (nSPS) is 15.4. The van der Waals surface area contributed by atoms with Crippen molar-refractivity contribution in [2.24, 2.45) is 9.98 Å². The molecule has 1 unspecified atom stereocenters. The molecule has 10 aromatic carbocycles. The maximum absolute atomic E-state index is 7.27. The quantitative estimate of drug-likeness (QED) is 0.171. The summed E-state index contributed by atoms with van der Waals surface area (Å²) in [5, 5.41) is 14.5. The molecular formula is C61H31N3OS2. The number of benzene rings is 10. The fraction of sp³-hybridized carbons (Fsp3) is 0.0164. The summed E-state index contributed by atoms with van der Waals surface area (Å²) in [6.45, 7) is 0. The van der Waals surface area contributed by atoms with Crippen LogP contribution in [-0.4, -0.2) is 16.1 Å². The molecule has 2 aliphatic heterocycles. The number of rotatable bonds is 2. The lowest BCUT2D eigenvalue weighted by atomic mass is 9.67. The van der Waals surface area contributed by atoms with Crippen LogP contribution in [0.3, 0.4) is 0 Å². The summed E-state index contributed by atoms with van der Waals surface area (Å²) in [7, 11) is 0. The number of hydrogen-bond acceptors (Lipinski definition) is 5. The van der Waals surface area contributed by atoms with Crippen molar-refractivity contribution in [2.45, 2.75) is 5.92 Å². The topological polar surface area (TPSA) is 42.8 Å². The Bertz CT molecular complexity index is 4760. The van der Waals surface area contributed by atoms with E-state index in [1.807, 2.05) is 22.7 Å². The molecule has 0 saturated carbocycles. The van der Waals surface area contributed by atoms with E-state index < -0.39 is 0 Å². The Balaban J connectivity index is 1.07. The fourth-order valence-electron chi connectivity index (χ4n) is 12.0. The van der Waals surface area contributed by atoms with E-state index in [0.717, 1.165) is 66.9 Å². The first-order valence-electron chi connectivity index (χ1n) is 22.8. The Hall–Kier alpha value is -8.16. The monoisotopic (exact) mass is 885 g/mol. The van der Waals surface area contributed by atoms with Gasteiger partial charge in [-0.25, -0.2) is 9.98 Å². The third-order valence-electron chi connectivity index (χ3n) is 15.0. The summed E-state index contributed by atoms with van der Waals surface area (Å²) >= 11 is 3.69. The van der Waals surface area contributed by atoms with Crippen LogP contribution < -0.4 is 0 Å². The van der Waals surface area contributed by atoms with Gasteiger partial charge in [0.25, 0.3) is 0 Å². The zero-order chi connectivity index (χ0) is 43.2. The van der Waals surface area contributed by atoms with E-state index in [9.17, 15) is 0 Å². The van der Waals surface area contributed by atoms with Gasteiger partial charge in [-0.1, -0.05) is 127 Å². The Kier molecular flexibility index (Phi) is 6.50. The molecule has 6 heteroatoms. The van der Waals surface area contributed by atoms with Gasteiger partial charge in [-0.3, -0.25) is 0 Å². The van der Waals surface area contributed by atoms with Crippen molar-refractivity contribution in [1.82, 2.24) is 4.57 Å². The van der Waals surface area contributed by atoms with E-state index >= 15 is 0 Å². The van der Waals surface area contributed by atoms with Crippen molar-refractivity contribution >= 4 is 151 Å². The van der Waals surface area contributed by atoms with Crippen molar-refractivity contribution in [1.29, 1.82) is 0 Å². The number of furan rings is 1. The molecular weight excluding hydrogens is 855 g/mol. The zero-order valence-electron chi connectivity index (χ0n) is 35.5. The maximum atomic E-state index is 7.27. The Morgan fingerprint density at radius 3 is 1.82 bits per heavy atom. The molecule has 1 aliphatic carbocycles. The van der Waals surface area contributed by atoms with Gasteiger partial charge in [0.15, 0.2) is 5.84 Å². The minimum Gasteiger partial charge on any atom is -0.455 e. The second kappa shape index (κ2) is 12.4. The molecule has 0 N–H and O–H groups in total. The van der Waals surface area contributed by atoms with Crippen molar-refractivity contribution in [3.63, 3.8) is 0 Å². The number of fused-ring (bicyclic) bond motifs is 19. The van der Waals surface area contributed by atoms with Crippen molar-refractivity contribution < 1.29 is 4.42 Å². The number of thiophene rings is 2. The van der Waals surface area contributed by atoms with Gasteiger partial charge in [-0.05, 0) is 81.7 Å². The lowest BCUT2D eigenvalue weighted by Crippen LogP contribution is -2.26. The molecule has 1 atom stereocenters.